The molecule has 0 saturated carbocycles. The van der Waals surface area contributed by atoms with E-state index in [1.165, 1.54) is 9.80 Å². The molecule has 28 heavy (non-hydrogen) atoms. The van der Waals surface area contributed by atoms with E-state index in [0.717, 1.165) is 45.0 Å². The molecule has 4 heterocycles. The van der Waals surface area contributed by atoms with E-state index < -0.39 is 6.04 Å². The minimum absolute atomic E-state index is 0.193. The van der Waals surface area contributed by atoms with Crippen molar-refractivity contribution >= 4 is 29.4 Å². The minimum Gasteiger partial charge on any atom is -0.379 e. The number of aliphatic imine (C=N–C) groups is 1. The predicted octanol–water partition coefficient (Wildman–Crippen LogP) is -0.537. The van der Waals surface area contributed by atoms with Gasteiger partial charge in [-0.2, -0.15) is 0 Å². The number of nitrogens with zero attached hydrogens (tertiary/aromatic N) is 7. The van der Waals surface area contributed by atoms with Crippen molar-refractivity contribution in [2.45, 2.75) is 26.3 Å². The van der Waals surface area contributed by atoms with Crippen LogP contribution in [0.15, 0.2) is 10.1 Å². The van der Waals surface area contributed by atoms with Crippen molar-refractivity contribution in [1.29, 1.82) is 0 Å². The maximum absolute atomic E-state index is 13.1. The normalized spacial score (nSPS) is 25.8. The molecule has 1 unspecified atom stereocenters. The molecule has 152 valence electrons. The van der Waals surface area contributed by atoms with Gasteiger partial charge in [-0.1, -0.05) is 11.9 Å². The number of guanidine groups is 1. The molecule has 1 atom stereocenters. The molecule has 0 spiro atoms. The van der Waals surface area contributed by atoms with Crippen LogP contribution in [0.25, 0.3) is 0 Å². The highest BCUT2D eigenvalue weighted by molar-refractivity contribution is 6.23. The summed E-state index contributed by atoms with van der Waals surface area (Å²) in [7, 11) is 1.69. The summed E-state index contributed by atoms with van der Waals surface area (Å²) >= 11 is 0. The Kier molecular flexibility index (Phi) is 5.15. The monoisotopic (exact) mass is 390 g/mol. The van der Waals surface area contributed by atoms with Crippen LogP contribution in [-0.2, 0) is 9.53 Å². The lowest BCUT2D eigenvalue weighted by Gasteiger charge is -2.34. The van der Waals surface area contributed by atoms with E-state index in [1.807, 2.05) is 23.4 Å². The summed E-state index contributed by atoms with van der Waals surface area (Å²) in [6.07, 6.45) is 0.729. The van der Waals surface area contributed by atoms with Gasteiger partial charge in [0.05, 0.1) is 18.9 Å². The zero-order chi connectivity index (χ0) is 19.8. The second-order valence-electron chi connectivity index (χ2n) is 7.54. The third kappa shape index (κ3) is 3.20. The van der Waals surface area contributed by atoms with E-state index in [-0.39, 0.29) is 11.9 Å². The van der Waals surface area contributed by atoms with Gasteiger partial charge in [0.15, 0.2) is 0 Å². The summed E-state index contributed by atoms with van der Waals surface area (Å²) in [5.41, 5.74) is 0.927. The number of carbonyl (C=O) groups excluding carboxylic acids is 2. The number of amides is 3. The smallest absolute Gasteiger partial charge is 0.379 e. The number of carbonyl (C=O) groups is 2. The molecule has 2 saturated heterocycles. The van der Waals surface area contributed by atoms with Crippen LogP contribution in [0.4, 0.5) is 4.79 Å². The van der Waals surface area contributed by atoms with Gasteiger partial charge in [0.2, 0.25) is 11.9 Å². The fraction of sp³-hybridized carbons (Fsp3) is 0.722. The van der Waals surface area contributed by atoms with Crippen molar-refractivity contribution in [3.05, 3.63) is 0 Å². The Morgan fingerprint density at radius 3 is 2.64 bits per heavy atom. The maximum atomic E-state index is 13.1. The lowest BCUT2D eigenvalue weighted by atomic mass is 10.1. The number of ether oxygens (including phenoxy) is 1. The van der Waals surface area contributed by atoms with Gasteiger partial charge < -0.3 is 4.74 Å². The topological polar surface area (TPSA) is 84.1 Å². The summed E-state index contributed by atoms with van der Waals surface area (Å²) in [4.78, 5) is 35.6. The van der Waals surface area contributed by atoms with Crippen LogP contribution in [0, 0.1) is 0 Å². The number of fused-ring (bicyclic) bond motifs is 2. The van der Waals surface area contributed by atoms with Crippen molar-refractivity contribution in [3.8, 4) is 0 Å². The van der Waals surface area contributed by atoms with E-state index in [4.69, 9.17) is 4.74 Å². The number of imide groups is 1. The lowest BCUT2D eigenvalue weighted by molar-refractivity contribution is -0.527. The van der Waals surface area contributed by atoms with Crippen molar-refractivity contribution in [2.24, 2.45) is 10.1 Å². The van der Waals surface area contributed by atoms with Crippen molar-refractivity contribution in [2.75, 3.05) is 59.5 Å². The van der Waals surface area contributed by atoms with Crippen molar-refractivity contribution < 1.29 is 18.9 Å². The molecule has 4 aliphatic rings. The molecule has 0 N–H and O–H groups in total. The highest BCUT2D eigenvalue weighted by Crippen LogP contribution is 2.23. The van der Waals surface area contributed by atoms with Crippen LogP contribution in [0.1, 0.15) is 20.3 Å². The first-order valence-corrected chi connectivity index (χ1v) is 9.94. The standard InChI is InChI=1S/C18H28N7O3/c1-4-5-23-16(26)14-15(21(3)18(23)27)19-17-24(14)12-13(2)20-25(17)7-6-22-8-10-28-11-9-22/h14H,4-12H2,1-3H3/q+1. The molecule has 0 aliphatic carbocycles. The Hall–Kier alpha value is -2.33. The highest BCUT2D eigenvalue weighted by Gasteiger charge is 2.54. The number of hydrazone groups is 1. The molecule has 10 nitrogen and oxygen atoms in total. The number of amidine groups is 1. The highest BCUT2D eigenvalue weighted by atomic mass is 16.5. The quantitative estimate of drug-likeness (QED) is 0.589. The zero-order valence-electron chi connectivity index (χ0n) is 16.8. The van der Waals surface area contributed by atoms with Crippen LogP contribution < -0.4 is 0 Å². The number of morpholine rings is 1. The molecule has 3 amide bonds. The van der Waals surface area contributed by atoms with Gasteiger partial charge >= 0.3 is 12.0 Å². The van der Waals surface area contributed by atoms with E-state index >= 15 is 0 Å². The van der Waals surface area contributed by atoms with Crippen LogP contribution in [0.3, 0.4) is 0 Å². The van der Waals surface area contributed by atoms with Gasteiger partial charge in [-0.25, -0.2) is 9.37 Å². The van der Waals surface area contributed by atoms with Crippen molar-refractivity contribution in [1.82, 2.24) is 19.7 Å². The fourth-order valence-electron chi connectivity index (χ4n) is 4.04. The molecular weight excluding hydrogens is 362 g/mol. The van der Waals surface area contributed by atoms with Gasteiger partial charge in [0, 0.05) is 33.2 Å². The van der Waals surface area contributed by atoms with Crippen LogP contribution in [0.5, 0.6) is 0 Å². The molecule has 4 aliphatic heterocycles. The second kappa shape index (κ2) is 7.59. The first-order valence-electron chi connectivity index (χ1n) is 9.94. The molecule has 2 fully saturated rings. The summed E-state index contributed by atoms with van der Waals surface area (Å²) < 4.78 is 7.39. The SMILES string of the molecule is CCCN1C(=O)C2C(=NC3=[N+]2CC(C)=NN3CCN2CCOCC2)N(C)C1=O. The predicted molar refractivity (Wildman–Crippen MR) is 104 cm³/mol. The number of hydrogen-bond acceptors (Lipinski definition) is 7. The van der Waals surface area contributed by atoms with E-state index in [9.17, 15) is 9.59 Å². The molecule has 10 heteroatoms. The minimum atomic E-state index is -0.555. The summed E-state index contributed by atoms with van der Waals surface area (Å²) in [6, 6.07) is -0.861. The van der Waals surface area contributed by atoms with Gasteiger partial charge in [0.25, 0.3) is 5.91 Å². The van der Waals surface area contributed by atoms with Gasteiger partial charge in [-0.05, 0) is 13.3 Å². The van der Waals surface area contributed by atoms with Crippen LogP contribution in [-0.4, -0.2) is 119 Å². The number of likely N-dealkylation sites (N-methyl/N-ethyl adjacent to an activating group) is 1. The third-order valence-electron chi connectivity index (χ3n) is 5.49. The van der Waals surface area contributed by atoms with Crippen molar-refractivity contribution in [3.63, 3.8) is 0 Å². The van der Waals surface area contributed by atoms with E-state index in [2.05, 4.69) is 15.0 Å². The van der Waals surface area contributed by atoms with E-state index in [1.54, 1.807) is 7.05 Å². The number of urea groups is 1. The summed E-state index contributed by atoms with van der Waals surface area (Å²) in [6.45, 7) is 9.73. The maximum Gasteiger partial charge on any atom is 0.416 e. The zero-order valence-corrected chi connectivity index (χ0v) is 16.8. The summed E-state index contributed by atoms with van der Waals surface area (Å²) in [5, 5.41) is 6.54. The van der Waals surface area contributed by atoms with Gasteiger partial charge in [0.1, 0.15) is 13.1 Å². The number of rotatable bonds is 5. The Labute approximate surface area is 164 Å². The first-order chi connectivity index (χ1) is 13.5. The van der Waals surface area contributed by atoms with Crippen LogP contribution in [0.2, 0.25) is 0 Å². The summed E-state index contributed by atoms with van der Waals surface area (Å²) in [5.74, 6) is 0.963. The van der Waals surface area contributed by atoms with Gasteiger partial charge in [-0.3, -0.25) is 19.5 Å². The molecule has 4 rings (SSSR count). The number of hydrogen-bond donors (Lipinski definition) is 0. The van der Waals surface area contributed by atoms with Crippen LogP contribution >= 0.6 is 0 Å². The second-order valence-corrected chi connectivity index (χ2v) is 7.54. The molecule has 0 radical (unpaired) electrons. The Morgan fingerprint density at radius 1 is 1.18 bits per heavy atom. The first kappa shape index (κ1) is 19.0. The Balaban J connectivity index is 1.58. The molecule has 0 aromatic carbocycles. The average Bonchev–Trinajstić information content (AvgIpc) is 3.08. The Morgan fingerprint density at radius 2 is 1.93 bits per heavy atom. The molecule has 0 bridgehead atoms. The lowest BCUT2D eigenvalue weighted by Crippen LogP contribution is -2.63. The molecular formula is C18H28N7O3+. The molecule has 0 aromatic rings. The van der Waals surface area contributed by atoms with Gasteiger partial charge in [-0.15, -0.1) is 10.1 Å². The Bertz CT molecular complexity index is 769. The fourth-order valence-corrected chi connectivity index (χ4v) is 4.04. The average molecular weight is 390 g/mol. The largest absolute Gasteiger partial charge is 0.416 e. The molecule has 0 aromatic heterocycles. The van der Waals surface area contributed by atoms with E-state index in [0.29, 0.717) is 31.4 Å². The third-order valence-corrected chi connectivity index (χ3v) is 5.49.